The normalized spacial score (nSPS) is 42.8. The third-order valence-electron chi connectivity index (χ3n) is 15.0. The summed E-state index contributed by atoms with van der Waals surface area (Å²) < 4.78 is 29.8. The summed E-state index contributed by atoms with van der Waals surface area (Å²) in [6, 6.07) is -0.887. The van der Waals surface area contributed by atoms with Crippen LogP contribution in [-0.2, 0) is 42.9 Å². The smallest absolute Gasteiger partial charge is 0.329 e. The van der Waals surface area contributed by atoms with Gasteiger partial charge in [-0.15, -0.1) is 0 Å². The number of carbonyl (C=O) groups excluding carboxylic acids is 4. The molecule has 1 aliphatic carbocycles. The second-order valence-electron chi connectivity index (χ2n) is 19.6. The largest absolute Gasteiger partial charge is 0.460 e. The van der Waals surface area contributed by atoms with E-state index >= 15 is 0 Å². The highest BCUT2D eigenvalue weighted by Gasteiger charge is 2.54. The van der Waals surface area contributed by atoms with Gasteiger partial charge in [-0.05, 0) is 101 Å². The minimum Gasteiger partial charge on any atom is -0.460 e. The minimum absolute atomic E-state index is 0.0530. The van der Waals surface area contributed by atoms with Gasteiger partial charge in [-0.2, -0.15) is 0 Å². The molecule has 0 aromatic carbocycles. The monoisotopic (exact) mass is 884 g/mol. The Bertz CT molecular complexity index is 1710. The van der Waals surface area contributed by atoms with Crippen LogP contribution in [0.1, 0.15) is 119 Å². The van der Waals surface area contributed by atoms with Crippen molar-refractivity contribution in [1.29, 1.82) is 0 Å². The number of esters is 1. The molecule has 354 valence electrons. The van der Waals surface area contributed by atoms with Crippen LogP contribution >= 0.6 is 0 Å². The summed E-state index contributed by atoms with van der Waals surface area (Å²) in [4.78, 5) is 58.1. The van der Waals surface area contributed by atoms with Gasteiger partial charge in [0.25, 0.3) is 0 Å². The lowest BCUT2D eigenvalue weighted by Gasteiger charge is -2.50. The molecule has 63 heavy (non-hydrogen) atoms. The fraction of sp³-hybridized carbons (Fsp3) is 0.760. The lowest BCUT2D eigenvalue weighted by Crippen LogP contribution is -2.62. The zero-order valence-corrected chi connectivity index (χ0v) is 39.3. The fourth-order valence-electron chi connectivity index (χ4n) is 11.0. The molecule has 3 saturated heterocycles. The predicted octanol–water partition coefficient (Wildman–Crippen LogP) is 6.22. The molecular weight excluding hydrogens is 807 g/mol. The maximum Gasteiger partial charge on any atom is 0.329 e. The molecule has 1 amide bonds. The molecule has 4 heterocycles. The van der Waals surface area contributed by atoms with E-state index in [0.29, 0.717) is 69.9 Å². The van der Waals surface area contributed by atoms with Crippen LogP contribution in [0.3, 0.4) is 0 Å². The number of aliphatic hydroxyl groups is 3. The summed E-state index contributed by atoms with van der Waals surface area (Å²) in [6.07, 6.45) is 12.5. The molecule has 1 saturated carbocycles. The number of aliphatic hydroxyl groups excluding tert-OH is 2. The molecule has 13 heteroatoms. The number of ether oxygens (including phenoxy) is 5. The zero-order chi connectivity index (χ0) is 46.2. The number of ketones is 2. The van der Waals surface area contributed by atoms with E-state index in [9.17, 15) is 34.5 Å². The fourth-order valence-corrected chi connectivity index (χ4v) is 11.0. The van der Waals surface area contributed by atoms with E-state index in [1.165, 1.54) is 7.11 Å². The molecular formula is C50H77NO12. The number of Topliss-reactive ketones (excluding diaryl/α,β-unsaturated/α-hetero) is 2. The van der Waals surface area contributed by atoms with Gasteiger partial charge in [0.05, 0.1) is 30.8 Å². The van der Waals surface area contributed by atoms with E-state index in [0.717, 1.165) is 12.0 Å². The van der Waals surface area contributed by atoms with Crippen molar-refractivity contribution in [2.24, 2.45) is 41.4 Å². The molecule has 0 spiro atoms. The number of fused-ring (bicyclic) bond motifs is 3. The molecule has 4 fully saturated rings. The first-order chi connectivity index (χ1) is 29.9. The first kappa shape index (κ1) is 51.0. The van der Waals surface area contributed by atoms with E-state index in [1.54, 1.807) is 39.0 Å². The topological polar surface area (TPSA) is 178 Å². The van der Waals surface area contributed by atoms with Gasteiger partial charge >= 0.3 is 5.97 Å². The average Bonchev–Trinajstić information content (AvgIpc) is 3.25. The molecule has 0 aromatic rings. The Morgan fingerprint density at radius 3 is 2.30 bits per heavy atom. The number of methoxy groups -OCH3 is 3. The maximum absolute atomic E-state index is 14.5. The lowest BCUT2D eigenvalue weighted by molar-refractivity contribution is -0.284. The Balaban J connectivity index is 1.48. The van der Waals surface area contributed by atoms with Crippen LogP contribution in [0.15, 0.2) is 47.6 Å². The number of carbonyl (C=O) groups is 4. The maximum atomic E-state index is 14.5. The SMILES string of the molecule is CO[C@H]1C[C@@H]2CC[C@@H](C)[C@](O)(CC(=O)N3CCCC4[C@H]3C(=O)O[C@@H](CC(=O)[C@H](C)/C=C(\C)[C@@H](O)[C@@H](OC)C(=O)[C@H](C)C[C@H](C)/C=C/C=C/C=C1C)[C@H]4C[C@@H]1CC[C@@H](O)[C@H](OC)C1)O2. The van der Waals surface area contributed by atoms with Crippen molar-refractivity contribution >= 4 is 23.4 Å². The Morgan fingerprint density at radius 1 is 0.857 bits per heavy atom. The molecule has 3 N–H and O–H groups in total. The Morgan fingerprint density at radius 2 is 1.60 bits per heavy atom. The minimum atomic E-state index is -1.75. The number of hydrogen-bond acceptors (Lipinski definition) is 12. The quantitative estimate of drug-likeness (QED) is 0.210. The van der Waals surface area contributed by atoms with Crippen molar-refractivity contribution in [3.63, 3.8) is 0 Å². The molecule has 0 aromatic heterocycles. The highest BCUT2D eigenvalue weighted by molar-refractivity contribution is 5.88. The van der Waals surface area contributed by atoms with Crippen molar-refractivity contribution in [2.75, 3.05) is 27.9 Å². The number of rotatable bonds is 5. The van der Waals surface area contributed by atoms with Crippen molar-refractivity contribution in [3.8, 4) is 0 Å². The van der Waals surface area contributed by atoms with Gasteiger partial charge in [-0.3, -0.25) is 14.4 Å². The van der Waals surface area contributed by atoms with Crippen molar-refractivity contribution in [1.82, 2.24) is 4.90 Å². The van der Waals surface area contributed by atoms with Gasteiger partial charge in [0.15, 0.2) is 11.6 Å². The van der Waals surface area contributed by atoms with Crippen LogP contribution in [-0.4, -0.2) is 126 Å². The molecule has 4 aliphatic heterocycles. The molecule has 13 nitrogen and oxygen atoms in total. The molecule has 6 bridgehead atoms. The molecule has 1 unspecified atom stereocenters. The van der Waals surface area contributed by atoms with Gasteiger partial charge in [0, 0.05) is 64.4 Å². The van der Waals surface area contributed by atoms with Crippen LogP contribution in [0.2, 0.25) is 0 Å². The standard InChI is InChI=1S/C50H77NO12/c1-29-14-11-10-12-15-30(2)41(59-7)26-36-19-17-34(6)50(58,63-36)28-44(54)51-21-13-16-37-38(24-35-18-20-39(52)43(25-35)60-8)42(62-49(57)45(37)51)27-40(53)31(3)23-33(5)47(56)48(61-9)46(55)32(4)22-29/h10-12,14-15,23,29,31-32,34-39,41-43,45,47-48,52,56,58H,13,16-22,24-28H2,1-9H3/b12-10+,14-11+,30-15?,33-23+/t29-,31-,32-,34-,35+,36+,37?,38+,39-,41+,42+,43-,45+,47-,48+,50+/m1/s1. The number of hydrogen-bond donors (Lipinski definition) is 3. The summed E-state index contributed by atoms with van der Waals surface area (Å²) in [7, 11) is 4.64. The van der Waals surface area contributed by atoms with E-state index in [-0.39, 0.29) is 78.2 Å². The van der Waals surface area contributed by atoms with E-state index in [4.69, 9.17) is 23.7 Å². The van der Waals surface area contributed by atoms with Crippen LogP contribution in [0.25, 0.3) is 0 Å². The summed E-state index contributed by atoms with van der Waals surface area (Å²) >= 11 is 0. The van der Waals surface area contributed by atoms with Gasteiger partial charge in [-0.25, -0.2) is 4.79 Å². The number of amides is 1. The summed E-state index contributed by atoms with van der Waals surface area (Å²) in [6.45, 7) is 11.5. The molecule has 5 rings (SSSR count). The van der Waals surface area contributed by atoms with Crippen molar-refractivity contribution in [2.45, 2.75) is 173 Å². The Kier molecular flexibility index (Phi) is 18.5. The average molecular weight is 884 g/mol. The number of nitrogens with zero attached hydrogens (tertiary/aromatic N) is 1. The highest BCUT2D eigenvalue weighted by Crippen LogP contribution is 2.45. The lowest BCUT2D eigenvalue weighted by atomic mass is 9.68. The van der Waals surface area contributed by atoms with E-state index in [1.807, 2.05) is 58.1 Å². The molecule has 16 atom stereocenters. The predicted molar refractivity (Wildman–Crippen MR) is 238 cm³/mol. The number of piperidine rings is 1. The van der Waals surface area contributed by atoms with Crippen LogP contribution in [0.4, 0.5) is 0 Å². The second-order valence-corrected chi connectivity index (χ2v) is 19.6. The first-order valence-electron chi connectivity index (χ1n) is 23.5. The summed E-state index contributed by atoms with van der Waals surface area (Å²) in [5.41, 5.74) is 1.40. The first-order valence-corrected chi connectivity index (χ1v) is 23.5. The van der Waals surface area contributed by atoms with Gasteiger partial charge in [-0.1, -0.05) is 64.2 Å². The Labute approximate surface area is 375 Å². The van der Waals surface area contributed by atoms with Gasteiger partial charge < -0.3 is 43.9 Å². The third-order valence-corrected chi connectivity index (χ3v) is 15.0. The Hall–Kier alpha value is -3.04. The van der Waals surface area contributed by atoms with Gasteiger partial charge in [0.1, 0.15) is 30.1 Å². The highest BCUT2D eigenvalue weighted by atomic mass is 16.6. The summed E-state index contributed by atoms with van der Waals surface area (Å²) in [5, 5.41) is 34.1. The van der Waals surface area contributed by atoms with Crippen LogP contribution in [0, 0.1) is 41.4 Å². The third kappa shape index (κ3) is 12.7. The molecule has 5 aliphatic rings. The van der Waals surface area contributed by atoms with Crippen molar-refractivity contribution < 1.29 is 58.2 Å². The van der Waals surface area contributed by atoms with Crippen molar-refractivity contribution in [3.05, 3.63) is 47.6 Å². The van der Waals surface area contributed by atoms with Crippen LogP contribution in [0.5, 0.6) is 0 Å². The van der Waals surface area contributed by atoms with Crippen LogP contribution < -0.4 is 0 Å². The van der Waals surface area contributed by atoms with Gasteiger partial charge in [0.2, 0.25) is 5.91 Å². The molecule has 0 radical (unpaired) electrons. The zero-order valence-electron chi connectivity index (χ0n) is 39.3. The van der Waals surface area contributed by atoms with E-state index in [2.05, 4.69) is 0 Å². The number of allylic oxidation sites excluding steroid dienone is 6. The second kappa shape index (κ2) is 22.9. The summed E-state index contributed by atoms with van der Waals surface area (Å²) in [5.74, 6) is -4.92. The van der Waals surface area contributed by atoms with E-state index < -0.39 is 54.0 Å².